The van der Waals surface area contributed by atoms with Crippen molar-refractivity contribution in [3.05, 3.63) is 83.4 Å². The Kier molecular flexibility index (Phi) is 7.07. The number of nitrogens with zero attached hydrogens (tertiary/aromatic N) is 2. The molecule has 190 valence electrons. The minimum Gasteiger partial charge on any atom is -0.508 e. The van der Waals surface area contributed by atoms with Gasteiger partial charge in [-0.05, 0) is 92.4 Å². The van der Waals surface area contributed by atoms with E-state index in [0.29, 0.717) is 12.4 Å². The number of aromatic hydroxyl groups is 2. The number of likely N-dealkylation sites (tertiary alicyclic amines) is 1. The zero-order valence-electron chi connectivity index (χ0n) is 21.2. The van der Waals surface area contributed by atoms with Gasteiger partial charge in [0.25, 0.3) is 0 Å². The monoisotopic (exact) mass is 496 g/mol. The Morgan fingerprint density at radius 2 is 1.86 bits per heavy atom. The highest BCUT2D eigenvalue weighted by Gasteiger charge is 2.30. The number of phenolic OH excluding ortho intramolecular Hbond substituents is 2. The maximum absolute atomic E-state index is 10.1. The standard InChI is InChI=1S/C31H32N2O4/c1-20(33-14-4-5-22(17-32)18-33)19-36-27-11-8-23(9-12-27)31-30(24-6-3-7-25(34)15-24)21(2)28-16-26(35)10-13-29(28)37-31/h3,6-13,15-16,20,22,31,34-35H,4-5,14,18-19H2,1-2H3. The van der Waals surface area contributed by atoms with E-state index in [4.69, 9.17) is 9.47 Å². The number of rotatable bonds is 6. The van der Waals surface area contributed by atoms with E-state index in [1.165, 1.54) is 0 Å². The number of hydrogen-bond acceptors (Lipinski definition) is 6. The zero-order valence-corrected chi connectivity index (χ0v) is 21.2. The third-order valence-electron chi connectivity index (χ3n) is 7.37. The molecule has 3 aromatic carbocycles. The van der Waals surface area contributed by atoms with Crippen LogP contribution in [0.3, 0.4) is 0 Å². The fourth-order valence-corrected chi connectivity index (χ4v) is 5.29. The fraction of sp³-hybridized carbons (Fsp3) is 0.323. The highest BCUT2D eigenvalue weighted by atomic mass is 16.5. The van der Waals surface area contributed by atoms with E-state index >= 15 is 0 Å². The lowest BCUT2D eigenvalue weighted by molar-refractivity contribution is 0.110. The number of fused-ring (bicyclic) bond motifs is 1. The molecule has 2 heterocycles. The molecule has 2 aliphatic rings. The molecule has 6 nitrogen and oxygen atoms in total. The number of benzene rings is 3. The minimum atomic E-state index is -0.386. The average molecular weight is 497 g/mol. The Morgan fingerprint density at radius 3 is 2.62 bits per heavy atom. The van der Waals surface area contributed by atoms with E-state index in [1.807, 2.05) is 43.3 Å². The van der Waals surface area contributed by atoms with Crippen molar-refractivity contribution in [2.75, 3.05) is 19.7 Å². The van der Waals surface area contributed by atoms with E-state index in [-0.39, 0.29) is 29.6 Å². The van der Waals surface area contributed by atoms with Crippen LogP contribution in [-0.4, -0.2) is 40.9 Å². The second-order valence-corrected chi connectivity index (χ2v) is 9.96. The molecule has 3 aromatic rings. The maximum atomic E-state index is 10.1. The van der Waals surface area contributed by atoms with Gasteiger partial charge in [-0.25, -0.2) is 0 Å². The van der Waals surface area contributed by atoms with Crippen LogP contribution in [0.15, 0.2) is 66.7 Å². The topological polar surface area (TPSA) is 86.0 Å². The number of piperidine rings is 1. The summed E-state index contributed by atoms with van der Waals surface area (Å²) >= 11 is 0. The van der Waals surface area contributed by atoms with Gasteiger partial charge in [0.1, 0.15) is 35.7 Å². The van der Waals surface area contributed by atoms with Gasteiger partial charge in [-0.15, -0.1) is 0 Å². The van der Waals surface area contributed by atoms with Crippen molar-refractivity contribution in [2.24, 2.45) is 5.92 Å². The first-order valence-corrected chi connectivity index (χ1v) is 12.8. The van der Waals surface area contributed by atoms with Crippen molar-refractivity contribution in [1.29, 1.82) is 5.26 Å². The van der Waals surface area contributed by atoms with Crippen LogP contribution in [0.25, 0.3) is 11.1 Å². The summed E-state index contributed by atoms with van der Waals surface area (Å²) in [7, 11) is 0. The first-order chi connectivity index (χ1) is 17.9. The smallest absolute Gasteiger partial charge is 0.150 e. The summed E-state index contributed by atoms with van der Waals surface area (Å²) < 4.78 is 12.6. The minimum absolute atomic E-state index is 0.109. The molecular weight excluding hydrogens is 464 g/mol. The maximum Gasteiger partial charge on any atom is 0.150 e. The largest absolute Gasteiger partial charge is 0.508 e. The van der Waals surface area contributed by atoms with Gasteiger partial charge < -0.3 is 19.7 Å². The molecule has 0 aliphatic carbocycles. The highest BCUT2D eigenvalue weighted by Crippen LogP contribution is 2.47. The Bertz CT molecular complexity index is 1340. The SMILES string of the molecule is CC1=C(c2cccc(O)c2)C(c2ccc(OCC(C)N3CCCC(C#N)C3)cc2)Oc2ccc(O)cc21. The van der Waals surface area contributed by atoms with Crippen LogP contribution in [0.4, 0.5) is 0 Å². The van der Waals surface area contributed by atoms with Gasteiger partial charge in [0.15, 0.2) is 0 Å². The molecular formula is C31H32N2O4. The van der Waals surface area contributed by atoms with Crippen molar-refractivity contribution in [1.82, 2.24) is 4.90 Å². The summed E-state index contributed by atoms with van der Waals surface area (Å²) in [6.45, 7) is 6.53. The van der Waals surface area contributed by atoms with Crippen LogP contribution in [-0.2, 0) is 0 Å². The van der Waals surface area contributed by atoms with Crippen LogP contribution < -0.4 is 9.47 Å². The summed E-state index contributed by atoms with van der Waals surface area (Å²) in [6.07, 6.45) is 1.65. The van der Waals surface area contributed by atoms with E-state index in [9.17, 15) is 15.5 Å². The van der Waals surface area contributed by atoms with E-state index in [1.54, 1.807) is 30.3 Å². The van der Waals surface area contributed by atoms with Crippen LogP contribution >= 0.6 is 0 Å². The van der Waals surface area contributed by atoms with Gasteiger partial charge in [0.05, 0.1) is 12.0 Å². The molecule has 2 N–H and O–H groups in total. The first-order valence-electron chi connectivity index (χ1n) is 12.8. The van der Waals surface area contributed by atoms with Crippen LogP contribution in [0, 0.1) is 17.2 Å². The molecule has 1 saturated heterocycles. The first kappa shape index (κ1) is 24.7. The molecule has 3 atom stereocenters. The second-order valence-electron chi connectivity index (χ2n) is 9.96. The lowest BCUT2D eigenvalue weighted by Gasteiger charge is -2.34. The van der Waals surface area contributed by atoms with Crippen LogP contribution in [0.1, 0.15) is 49.5 Å². The summed E-state index contributed by atoms with van der Waals surface area (Å²) in [5, 5.41) is 29.5. The average Bonchev–Trinajstić information content (AvgIpc) is 2.92. The van der Waals surface area contributed by atoms with Crippen LogP contribution in [0.5, 0.6) is 23.0 Å². The number of phenols is 2. The van der Waals surface area contributed by atoms with E-state index < -0.39 is 0 Å². The summed E-state index contributed by atoms with van der Waals surface area (Å²) in [5.41, 5.74) is 4.58. The number of nitriles is 1. The summed E-state index contributed by atoms with van der Waals surface area (Å²) in [4.78, 5) is 2.34. The lowest BCUT2D eigenvalue weighted by atomic mass is 9.86. The van der Waals surface area contributed by atoms with Gasteiger partial charge in [-0.3, -0.25) is 4.90 Å². The lowest BCUT2D eigenvalue weighted by Crippen LogP contribution is -2.43. The molecule has 0 aromatic heterocycles. The van der Waals surface area contributed by atoms with E-state index in [2.05, 4.69) is 17.9 Å². The Labute approximate surface area is 218 Å². The Balaban J connectivity index is 1.37. The number of hydrogen-bond donors (Lipinski definition) is 2. The quantitative estimate of drug-likeness (QED) is 0.425. The predicted octanol–water partition coefficient (Wildman–Crippen LogP) is 6.17. The van der Waals surface area contributed by atoms with Crippen LogP contribution in [0.2, 0.25) is 0 Å². The summed E-state index contributed by atoms with van der Waals surface area (Å²) in [5.74, 6) is 1.96. The normalized spacial score (nSPS) is 20.5. The van der Waals surface area contributed by atoms with Crippen molar-refractivity contribution in [3.8, 4) is 29.1 Å². The van der Waals surface area contributed by atoms with Gasteiger partial charge >= 0.3 is 0 Å². The second kappa shape index (κ2) is 10.6. The predicted molar refractivity (Wildman–Crippen MR) is 143 cm³/mol. The molecule has 3 unspecified atom stereocenters. The molecule has 1 fully saturated rings. The molecule has 0 bridgehead atoms. The Hall–Kier alpha value is -3.95. The van der Waals surface area contributed by atoms with Gasteiger partial charge in [0, 0.05) is 23.7 Å². The molecule has 5 rings (SSSR count). The van der Waals surface area contributed by atoms with Gasteiger partial charge in [-0.1, -0.05) is 24.3 Å². The van der Waals surface area contributed by atoms with Crippen molar-refractivity contribution >= 4 is 11.1 Å². The third kappa shape index (κ3) is 5.28. The molecule has 0 amide bonds. The van der Waals surface area contributed by atoms with Crippen molar-refractivity contribution in [2.45, 2.75) is 38.8 Å². The molecule has 0 saturated carbocycles. The zero-order chi connectivity index (χ0) is 25.9. The highest BCUT2D eigenvalue weighted by molar-refractivity contribution is 5.95. The molecule has 37 heavy (non-hydrogen) atoms. The van der Waals surface area contributed by atoms with E-state index in [0.717, 1.165) is 59.5 Å². The van der Waals surface area contributed by atoms with Gasteiger partial charge in [0.2, 0.25) is 0 Å². The fourth-order valence-electron chi connectivity index (χ4n) is 5.29. The summed E-state index contributed by atoms with van der Waals surface area (Å²) in [6, 6.07) is 22.9. The molecule has 0 spiro atoms. The van der Waals surface area contributed by atoms with Crippen molar-refractivity contribution < 1.29 is 19.7 Å². The number of ether oxygens (including phenoxy) is 2. The molecule has 6 heteroatoms. The van der Waals surface area contributed by atoms with Gasteiger partial charge in [-0.2, -0.15) is 5.26 Å². The number of allylic oxidation sites excluding steroid dienone is 1. The third-order valence-corrected chi connectivity index (χ3v) is 7.37. The Morgan fingerprint density at radius 1 is 1.08 bits per heavy atom. The molecule has 0 radical (unpaired) electrons. The van der Waals surface area contributed by atoms with Crippen molar-refractivity contribution in [3.63, 3.8) is 0 Å². The molecule has 2 aliphatic heterocycles.